The zero-order chi connectivity index (χ0) is 18.3. The highest BCUT2D eigenvalue weighted by Gasteiger charge is 2.19. The molecular weight excluding hydrogens is 328 g/mol. The first kappa shape index (κ1) is 16.6. The van der Waals surface area contributed by atoms with Crippen LogP contribution in [0.25, 0.3) is 21.5 Å². The molecule has 4 rings (SSSR count). The molecule has 0 amide bonds. The van der Waals surface area contributed by atoms with Gasteiger partial charge in [0.2, 0.25) is 0 Å². The van der Waals surface area contributed by atoms with Gasteiger partial charge in [-0.25, -0.2) is 0 Å². The maximum atomic E-state index is 11.7. The lowest BCUT2D eigenvalue weighted by Gasteiger charge is -2.20. The molecule has 0 heterocycles. The zero-order valence-electron chi connectivity index (χ0n) is 14.9. The van der Waals surface area contributed by atoms with Crippen molar-refractivity contribution in [3.05, 3.63) is 47.5 Å². The van der Waals surface area contributed by atoms with Gasteiger partial charge >= 0.3 is 11.9 Å². The minimum Gasteiger partial charge on any atom is -0.426 e. The van der Waals surface area contributed by atoms with Crippen molar-refractivity contribution in [2.24, 2.45) is 0 Å². The smallest absolute Gasteiger partial charge is 0.308 e. The van der Waals surface area contributed by atoms with Crippen LogP contribution in [0.5, 0.6) is 11.5 Å². The topological polar surface area (TPSA) is 52.6 Å². The molecule has 0 spiro atoms. The molecular formula is C22H20O4. The molecule has 0 atom stereocenters. The molecule has 0 bridgehead atoms. The second kappa shape index (κ2) is 6.45. The highest BCUT2D eigenvalue weighted by atomic mass is 16.5. The average Bonchev–Trinajstić information content (AvgIpc) is 2.60. The van der Waals surface area contributed by atoms with E-state index in [9.17, 15) is 9.59 Å². The van der Waals surface area contributed by atoms with Gasteiger partial charge in [-0.15, -0.1) is 0 Å². The van der Waals surface area contributed by atoms with Crippen LogP contribution in [-0.4, -0.2) is 11.9 Å². The lowest BCUT2D eigenvalue weighted by Crippen LogP contribution is -2.07. The number of esters is 2. The normalized spacial score (nSPS) is 13.5. The standard InChI is InChI=1S/C22H20O4/c1-13(23)25-20-9-5-8-18-17-11-10-15-6-3-4-7-16(15)19(17)12-21(22(18)20)26-14(2)24/h5,8-12H,3-4,6-7H2,1-2H3. The summed E-state index contributed by atoms with van der Waals surface area (Å²) in [6, 6.07) is 11.8. The van der Waals surface area contributed by atoms with Gasteiger partial charge in [0.1, 0.15) is 11.5 Å². The monoisotopic (exact) mass is 348 g/mol. The number of carbonyl (C=O) groups is 2. The van der Waals surface area contributed by atoms with Crippen LogP contribution in [0.4, 0.5) is 0 Å². The first-order valence-corrected chi connectivity index (χ1v) is 8.91. The molecule has 3 aromatic rings. The van der Waals surface area contributed by atoms with E-state index in [1.165, 1.54) is 37.8 Å². The van der Waals surface area contributed by atoms with Crippen molar-refractivity contribution in [1.29, 1.82) is 0 Å². The van der Waals surface area contributed by atoms with E-state index in [0.29, 0.717) is 16.9 Å². The lowest BCUT2D eigenvalue weighted by molar-refractivity contribution is -0.132. The molecule has 1 aliphatic carbocycles. The Balaban J connectivity index is 2.09. The third-order valence-electron chi connectivity index (χ3n) is 4.92. The SMILES string of the molecule is CC(=O)Oc1cccc2c1c(OC(C)=O)cc1c3c(ccc12)CCCC3. The van der Waals surface area contributed by atoms with Crippen LogP contribution < -0.4 is 9.47 Å². The Morgan fingerprint density at radius 2 is 1.54 bits per heavy atom. The summed E-state index contributed by atoms with van der Waals surface area (Å²) >= 11 is 0. The predicted molar refractivity (Wildman–Crippen MR) is 101 cm³/mol. The Kier molecular flexibility index (Phi) is 4.11. The van der Waals surface area contributed by atoms with Gasteiger partial charge in [-0.1, -0.05) is 24.3 Å². The maximum Gasteiger partial charge on any atom is 0.308 e. The predicted octanol–water partition coefficient (Wildman–Crippen LogP) is 4.72. The highest BCUT2D eigenvalue weighted by Crippen LogP contribution is 2.42. The van der Waals surface area contributed by atoms with Gasteiger partial charge in [0, 0.05) is 13.8 Å². The van der Waals surface area contributed by atoms with E-state index in [-0.39, 0.29) is 0 Å². The number of rotatable bonds is 2. The van der Waals surface area contributed by atoms with Crippen molar-refractivity contribution in [2.75, 3.05) is 0 Å². The number of hydrogen-bond donors (Lipinski definition) is 0. The second-order valence-electron chi connectivity index (χ2n) is 6.75. The minimum atomic E-state index is -0.406. The van der Waals surface area contributed by atoms with Gasteiger partial charge in [-0.3, -0.25) is 9.59 Å². The summed E-state index contributed by atoms with van der Waals surface area (Å²) in [5.74, 6) is 0.0478. The van der Waals surface area contributed by atoms with Gasteiger partial charge in [0.05, 0.1) is 5.39 Å². The Morgan fingerprint density at radius 1 is 0.808 bits per heavy atom. The molecule has 0 aliphatic heterocycles. The largest absolute Gasteiger partial charge is 0.426 e. The molecule has 3 aromatic carbocycles. The fraction of sp³-hybridized carbons (Fsp3) is 0.273. The van der Waals surface area contributed by atoms with Gasteiger partial charge in [-0.2, -0.15) is 0 Å². The van der Waals surface area contributed by atoms with E-state index in [1.54, 1.807) is 6.07 Å². The summed E-state index contributed by atoms with van der Waals surface area (Å²) in [6.45, 7) is 2.74. The molecule has 132 valence electrons. The van der Waals surface area contributed by atoms with Crippen molar-refractivity contribution in [2.45, 2.75) is 39.5 Å². The maximum absolute atomic E-state index is 11.7. The Morgan fingerprint density at radius 3 is 2.31 bits per heavy atom. The van der Waals surface area contributed by atoms with E-state index >= 15 is 0 Å². The number of hydrogen-bond acceptors (Lipinski definition) is 4. The average molecular weight is 348 g/mol. The van der Waals surface area contributed by atoms with E-state index in [1.807, 2.05) is 18.2 Å². The number of benzene rings is 3. The van der Waals surface area contributed by atoms with Crippen LogP contribution >= 0.6 is 0 Å². The molecule has 4 heteroatoms. The molecule has 0 radical (unpaired) electrons. The van der Waals surface area contributed by atoms with Crippen LogP contribution in [0.3, 0.4) is 0 Å². The second-order valence-corrected chi connectivity index (χ2v) is 6.75. The van der Waals surface area contributed by atoms with E-state index in [4.69, 9.17) is 9.47 Å². The fourth-order valence-electron chi connectivity index (χ4n) is 3.94. The number of aryl methyl sites for hydroxylation is 2. The van der Waals surface area contributed by atoms with Crippen molar-refractivity contribution < 1.29 is 19.1 Å². The molecule has 0 fully saturated rings. The summed E-state index contributed by atoms with van der Waals surface area (Å²) in [7, 11) is 0. The zero-order valence-corrected chi connectivity index (χ0v) is 14.9. The Hall–Kier alpha value is -2.88. The van der Waals surface area contributed by atoms with Gasteiger partial charge < -0.3 is 9.47 Å². The molecule has 0 N–H and O–H groups in total. The van der Waals surface area contributed by atoms with Gasteiger partial charge in [-0.05, 0) is 65.1 Å². The summed E-state index contributed by atoms with van der Waals surface area (Å²) in [6.07, 6.45) is 4.49. The Bertz CT molecular complexity index is 1050. The van der Waals surface area contributed by atoms with Crippen molar-refractivity contribution in [3.63, 3.8) is 0 Å². The third kappa shape index (κ3) is 2.81. The summed E-state index contributed by atoms with van der Waals surface area (Å²) in [5, 5.41) is 3.78. The molecule has 1 aliphatic rings. The molecule has 4 nitrogen and oxygen atoms in total. The van der Waals surface area contributed by atoms with Crippen LogP contribution in [0, 0.1) is 0 Å². The molecule has 0 saturated carbocycles. The highest BCUT2D eigenvalue weighted by molar-refractivity contribution is 6.14. The van der Waals surface area contributed by atoms with Crippen molar-refractivity contribution in [1.82, 2.24) is 0 Å². The van der Waals surface area contributed by atoms with Crippen LogP contribution in [0.1, 0.15) is 37.8 Å². The van der Waals surface area contributed by atoms with Crippen LogP contribution in [0.2, 0.25) is 0 Å². The van der Waals surface area contributed by atoms with Crippen molar-refractivity contribution >= 4 is 33.5 Å². The first-order valence-electron chi connectivity index (χ1n) is 8.91. The van der Waals surface area contributed by atoms with E-state index in [2.05, 4.69) is 12.1 Å². The molecule has 26 heavy (non-hydrogen) atoms. The van der Waals surface area contributed by atoms with Gasteiger partial charge in [0.25, 0.3) is 0 Å². The quantitative estimate of drug-likeness (QED) is 0.382. The van der Waals surface area contributed by atoms with E-state index < -0.39 is 11.9 Å². The molecule has 0 aromatic heterocycles. The van der Waals surface area contributed by atoms with Crippen LogP contribution in [-0.2, 0) is 22.4 Å². The summed E-state index contributed by atoms with van der Waals surface area (Å²) < 4.78 is 10.9. The summed E-state index contributed by atoms with van der Waals surface area (Å²) in [4.78, 5) is 23.2. The fourth-order valence-corrected chi connectivity index (χ4v) is 3.94. The first-order chi connectivity index (χ1) is 12.5. The lowest BCUT2D eigenvalue weighted by atomic mass is 9.86. The number of ether oxygens (including phenoxy) is 2. The van der Waals surface area contributed by atoms with Crippen LogP contribution in [0.15, 0.2) is 36.4 Å². The summed E-state index contributed by atoms with van der Waals surface area (Å²) in [5.41, 5.74) is 2.70. The van der Waals surface area contributed by atoms with Crippen molar-refractivity contribution in [3.8, 4) is 11.5 Å². The van der Waals surface area contributed by atoms with Gasteiger partial charge in [0.15, 0.2) is 0 Å². The molecule has 0 saturated heterocycles. The third-order valence-corrected chi connectivity index (χ3v) is 4.92. The molecule has 0 unspecified atom stereocenters. The van der Waals surface area contributed by atoms with E-state index in [0.717, 1.165) is 29.0 Å². The number of fused-ring (bicyclic) bond motifs is 5. The minimum absolute atomic E-state index is 0.395. The Labute approximate surface area is 151 Å². The number of carbonyl (C=O) groups excluding carboxylic acids is 2.